The fourth-order valence-corrected chi connectivity index (χ4v) is 10.1. The van der Waals surface area contributed by atoms with Gasteiger partial charge in [-0.2, -0.15) is 0 Å². The van der Waals surface area contributed by atoms with Gasteiger partial charge in [0.15, 0.2) is 0 Å². The topological polar surface area (TPSA) is 154 Å². The van der Waals surface area contributed by atoms with Gasteiger partial charge in [0.05, 0.1) is 23.0 Å². The molecule has 10 atom stereocenters. The summed E-state index contributed by atoms with van der Waals surface area (Å²) in [4.78, 5) is 64.1. The zero-order chi connectivity index (χ0) is 31.4. The van der Waals surface area contributed by atoms with E-state index < -0.39 is 48.2 Å². The molecule has 1 aromatic rings. The Labute approximate surface area is 269 Å². The number of fused-ring (bicyclic) bond motifs is 5. The first-order valence-corrected chi connectivity index (χ1v) is 17.2. The lowest BCUT2D eigenvalue weighted by Gasteiger charge is -2.60. The lowest BCUT2D eigenvalue weighted by atomic mass is 9.45. The number of aliphatic hydroxyl groups excluding tert-OH is 1. The lowest BCUT2D eigenvalue weighted by molar-refractivity contribution is -0.167. The summed E-state index contributed by atoms with van der Waals surface area (Å²) in [7, 11) is 0. The zero-order valence-corrected chi connectivity index (χ0v) is 27.6. The average molecular weight is 723 g/mol. The van der Waals surface area contributed by atoms with Gasteiger partial charge >= 0.3 is 17.6 Å². The number of carbonyl (C=O) groups is 3. The van der Waals surface area contributed by atoms with Crippen LogP contribution in [-0.2, 0) is 28.6 Å². The van der Waals surface area contributed by atoms with E-state index in [1.165, 1.54) is 10.8 Å². The van der Waals surface area contributed by atoms with Crippen LogP contribution in [0.15, 0.2) is 15.8 Å². The fraction of sp³-hybridized carbons (Fsp3) is 0.781. The number of halogens is 1. The van der Waals surface area contributed by atoms with Gasteiger partial charge in [0, 0.05) is 30.9 Å². The Bertz CT molecular complexity index is 1420. The molecular formula is C32H43IN2O9. The molecule has 0 aromatic carbocycles. The molecular weight excluding hydrogens is 679 g/mol. The highest BCUT2D eigenvalue weighted by molar-refractivity contribution is 14.1. The van der Waals surface area contributed by atoms with Gasteiger partial charge in [0.25, 0.3) is 5.56 Å². The molecule has 0 amide bonds. The number of rotatable bonds is 7. The quantitative estimate of drug-likeness (QED) is 0.317. The molecule has 242 valence electrons. The predicted molar refractivity (Wildman–Crippen MR) is 165 cm³/mol. The van der Waals surface area contributed by atoms with E-state index >= 15 is 0 Å². The maximum absolute atomic E-state index is 13.0. The summed E-state index contributed by atoms with van der Waals surface area (Å²) in [5.74, 6) is 1.66. The molecule has 5 fully saturated rings. The monoisotopic (exact) mass is 722 g/mol. The van der Waals surface area contributed by atoms with Crippen LogP contribution in [0.5, 0.6) is 0 Å². The zero-order valence-electron chi connectivity index (χ0n) is 25.4. The molecule has 2 heterocycles. The molecule has 4 aliphatic carbocycles. The molecule has 1 aromatic heterocycles. The van der Waals surface area contributed by atoms with Crippen LogP contribution in [0.4, 0.5) is 0 Å². The van der Waals surface area contributed by atoms with Crippen molar-refractivity contribution in [2.24, 2.45) is 34.5 Å². The van der Waals surface area contributed by atoms with E-state index in [1.807, 2.05) is 0 Å². The first-order chi connectivity index (χ1) is 20.9. The average Bonchev–Trinajstić information content (AvgIpc) is 3.54. The maximum atomic E-state index is 13.0. The Morgan fingerprint density at radius 2 is 1.75 bits per heavy atom. The van der Waals surface area contributed by atoms with Crippen LogP contribution in [-0.4, -0.2) is 57.3 Å². The SMILES string of the molecule is C[C@]12CCC(=O)C[C@@H]1CC[C@@H]1[C@@H]2CC[C@]2(C)[C@@H](OC(=O)CCC(=O)O[C@H]3C[C@H](n4cc([123I])c(=O)[nH]c4=O)O[C@@H]3CO)CC[C@@H]12. The number of Topliss-reactive ketones (excluding diaryl/α,β-unsaturated/α-hetero) is 1. The molecule has 11 nitrogen and oxygen atoms in total. The molecule has 0 bridgehead atoms. The lowest BCUT2D eigenvalue weighted by Crippen LogP contribution is -2.54. The van der Waals surface area contributed by atoms with E-state index in [0.717, 1.165) is 51.4 Å². The second kappa shape index (κ2) is 12.3. The van der Waals surface area contributed by atoms with Crippen molar-refractivity contribution in [1.29, 1.82) is 0 Å². The molecule has 0 unspecified atom stereocenters. The molecule has 1 saturated heterocycles. The van der Waals surface area contributed by atoms with Crippen LogP contribution >= 0.6 is 22.6 Å². The molecule has 4 saturated carbocycles. The number of nitrogens with one attached hydrogen (secondary N) is 1. The van der Waals surface area contributed by atoms with E-state index in [2.05, 4.69) is 18.8 Å². The van der Waals surface area contributed by atoms with E-state index in [-0.39, 0.29) is 36.2 Å². The third-order valence-electron chi connectivity index (χ3n) is 12.1. The van der Waals surface area contributed by atoms with Crippen LogP contribution in [0.3, 0.4) is 0 Å². The van der Waals surface area contributed by atoms with Crippen LogP contribution < -0.4 is 11.2 Å². The number of esters is 2. The largest absolute Gasteiger partial charge is 0.462 e. The van der Waals surface area contributed by atoms with E-state index in [9.17, 15) is 29.1 Å². The predicted octanol–water partition coefficient (Wildman–Crippen LogP) is 3.64. The van der Waals surface area contributed by atoms with Crippen LogP contribution in [0.25, 0.3) is 0 Å². The Hall–Kier alpha value is -2.06. The number of ketones is 1. The maximum Gasteiger partial charge on any atom is 0.330 e. The van der Waals surface area contributed by atoms with Gasteiger partial charge in [-0.25, -0.2) is 4.79 Å². The summed E-state index contributed by atoms with van der Waals surface area (Å²) < 4.78 is 18.9. The Morgan fingerprint density at radius 1 is 1.02 bits per heavy atom. The van der Waals surface area contributed by atoms with E-state index in [0.29, 0.717) is 39.4 Å². The minimum absolute atomic E-state index is 0.0762. The smallest absolute Gasteiger partial charge is 0.330 e. The van der Waals surface area contributed by atoms with Crippen molar-refractivity contribution in [2.75, 3.05) is 6.61 Å². The Kier molecular flexibility index (Phi) is 8.90. The summed E-state index contributed by atoms with van der Waals surface area (Å²) in [6.45, 7) is 4.29. The highest BCUT2D eigenvalue weighted by Gasteiger charge is 2.61. The van der Waals surface area contributed by atoms with Crippen molar-refractivity contribution in [1.82, 2.24) is 9.55 Å². The molecule has 5 aliphatic rings. The van der Waals surface area contributed by atoms with Crippen LogP contribution in [0.1, 0.15) is 97.1 Å². The number of H-pyrrole nitrogens is 1. The third-order valence-corrected chi connectivity index (χ3v) is 12.8. The second-order valence-corrected chi connectivity index (χ2v) is 15.4. The number of carbonyl (C=O) groups excluding carboxylic acids is 3. The molecule has 2 N–H and O–H groups in total. The summed E-state index contributed by atoms with van der Waals surface area (Å²) in [6, 6.07) is 0. The molecule has 6 rings (SSSR count). The van der Waals surface area contributed by atoms with Gasteiger partial charge in [-0.1, -0.05) is 13.8 Å². The first-order valence-electron chi connectivity index (χ1n) is 16.1. The Balaban J connectivity index is 1.01. The number of nitrogens with zero attached hydrogens (tertiary/aromatic N) is 1. The van der Waals surface area contributed by atoms with Gasteiger partial charge < -0.3 is 19.3 Å². The minimum Gasteiger partial charge on any atom is -0.462 e. The number of aliphatic hydroxyl groups is 1. The standard InChI is InChI=1S/C32H43IN2O9/c1-31-11-9-18(37)13-17(31)3-4-19-20-5-6-25(32(20,2)12-10-21(19)31)44-28(39)8-7-27(38)43-23-14-26(42-24(23)16-36)35-15-22(33)29(40)34-30(35)41/h15,17,19-21,23-26,36H,3-14,16H2,1-2H3,(H,34,40,41)/t17-,19-,20-,21-,23-,24+,25-,26+,31-,32-/m0/s1/i33-4. The molecule has 1 aliphatic heterocycles. The Morgan fingerprint density at radius 3 is 2.50 bits per heavy atom. The van der Waals surface area contributed by atoms with Crippen molar-refractivity contribution in [2.45, 2.75) is 115 Å². The summed E-state index contributed by atoms with van der Waals surface area (Å²) in [5.41, 5.74) is -1.00. The number of ether oxygens (including phenoxy) is 3. The van der Waals surface area contributed by atoms with Gasteiger partial charge in [0.1, 0.15) is 30.3 Å². The minimum atomic E-state index is -0.843. The van der Waals surface area contributed by atoms with Gasteiger partial charge in [-0.15, -0.1) is 0 Å². The summed E-state index contributed by atoms with van der Waals surface area (Å²) in [5, 5.41) is 9.78. The third kappa shape index (κ3) is 5.72. The van der Waals surface area contributed by atoms with E-state index in [1.54, 1.807) is 22.6 Å². The van der Waals surface area contributed by atoms with Gasteiger partial charge in [-0.3, -0.25) is 28.7 Å². The number of hydrogen-bond acceptors (Lipinski definition) is 9. The molecule has 12 heteroatoms. The van der Waals surface area contributed by atoms with Crippen molar-refractivity contribution < 1.29 is 33.7 Å². The first kappa shape index (κ1) is 31.9. The van der Waals surface area contributed by atoms with Gasteiger partial charge in [-0.05, 0) is 96.6 Å². The van der Waals surface area contributed by atoms with Crippen LogP contribution in [0.2, 0.25) is 0 Å². The number of hydrogen-bond donors (Lipinski definition) is 2. The van der Waals surface area contributed by atoms with Crippen molar-refractivity contribution >= 4 is 40.3 Å². The van der Waals surface area contributed by atoms with Gasteiger partial charge in [0.2, 0.25) is 0 Å². The summed E-state index contributed by atoms with van der Waals surface area (Å²) in [6.07, 6.45) is 7.31. The summed E-state index contributed by atoms with van der Waals surface area (Å²) >= 11 is 1.81. The highest BCUT2D eigenvalue weighted by Crippen LogP contribution is 2.66. The molecule has 44 heavy (non-hydrogen) atoms. The van der Waals surface area contributed by atoms with Crippen molar-refractivity contribution in [3.05, 3.63) is 30.6 Å². The fourth-order valence-electron chi connectivity index (χ4n) is 9.67. The number of aromatic amines is 1. The normalized spacial score (nSPS) is 39.7. The van der Waals surface area contributed by atoms with Crippen molar-refractivity contribution in [3.63, 3.8) is 0 Å². The number of aromatic nitrogens is 2. The van der Waals surface area contributed by atoms with Crippen molar-refractivity contribution in [3.8, 4) is 0 Å². The van der Waals surface area contributed by atoms with E-state index in [4.69, 9.17) is 14.2 Å². The highest BCUT2D eigenvalue weighted by atomic mass is 123. The second-order valence-electron chi connectivity index (χ2n) is 14.2. The molecule has 0 spiro atoms. The molecule has 0 radical (unpaired) electrons. The van der Waals surface area contributed by atoms with Crippen LogP contribution in [0, 0.1) is 38.1 Å².